The molecule has 0 aromatic rings. The number of methoxy groups -OCH3 is 2. The predicted octanol–water partition coefficient (Wildman–Crippen LogP) is 1.03. The molecule has 6 heteroatoms. The van der Waals surface area contributed by atoms with Gasteiger partial charge in [0.2, 0.25) is 5.71 Å². The Morgan fingerprint density at radius 1 is 1.22 bits per heavy atom. The lowest BCUT2D eigenvalue weighted by Crippen LogP contribution is -2.30. The van der Waals surface area contributed by atoms with Crippen LogP contribution < -0.4 is 0 Å². The van der Waals surface area contributed by atoms with Gasteiger partial charge in [-0.1, -0.05) is 0 Å². The van der Waals surface area contributed by atoms with E-state index in [1.807, 2.05) is 0 Å². The smallest absolute Gasteiger partial charge is 0.218 e. The lowest BCUT2D eigenvalue weighted by molar-refractivity contribution is -0.0884. The van der Waals surface area contributed by atoms with Crippen LogP contribution in [0.3, 0.4) is 0 Å². The fourth-order valence-electron chi connectivity index (χ4n) is 1.82. The lowest BCUT2D eigenvalue weighted by Gasteiger charge is -2.26. The molecule has 0 aliphatic carbocycles. The maximum absolute atomic E-state index is 8.65. The zero-order valence-electron chi connectivity index (χ0n) is 10.6. The standard InChI is InChI=1S/C12H16N4O2/c1-17-12(18-2)11(16-5-3-4-6-16)9-15-10(7-13)8-14/h9,12H,3-6H2,1-2H3/b11-9-. The number of hydrogen-bond acceptors (Lipinski definition) is 6. The van der Waals surface area contributed by atoms with Crippen molar-refractivity contribution in [2.45, 2.75) is 19.1 Å². The third-order valence-corrected chi connectivity index (χ3v) is 2.68. The average molecular weight is 248 g/mol. The molecule has 1 aliphatic rings. The average Bonchev–Trinajstić information content (AvgIpc) is 2.92. The lowest BCUT2D eigenvalue weighted by atomic mass is 10.3. The highest BCUT2D eigenvalue weighted by molar-refractivity contribution is 6.10. The Balaban J connectivity index is 2.96. The van der Waals surface area contributed by atoms with Crippen molar-refractivity contribution in [2.24, 2.45) is 4.99 Å². The minimum Gasteiger partial charge on any atom is -0.369 e. The van der Waals surface area contributed by atoms with E-state index in [1.165, 1.54) is 20.4 Å². The number of likely N-dealkylation sites (tertiary alicyclic amines) is 1. The van der Waals surface area contributed by atoms with Crippen molar-refractivity contribution in [2.75, 3.05) is 27.3 Å². The van der Waals surface area contributed by atoms with E-state index < -0.39 is 6.29 Å². The van der Waals surface area contributed by atoms with Crippen LogP contribution in [-0.4, -0.2) is 44.2 Å². The van der Waals surface area contributed by atoms with E-state index in [9.17, 15) is 0 Å². The molecular formula is C12H16N4O2. The van der Waals surface area contributed by atoms with Crippen molar-refractivity contribution in [1.82, 2.24) is 4.90 Å². The Hall–Kier alpha value is -1.89. The van der Waals surface area contributed by atoms with E-state index >= 15 is 0 Å². The van der Waals surface area contributed by atoms with Crippen molar-refractivity contribution in [3.8, 4) is 12.1 Å². The van der Waals surface area contributed by atoms with Crippen LogP contribution in [-0.2, 0) is 9.47 Å². The summed E-state index contributed by atoms with van der Waals surface area (Å²) in [7, 11) is 3.08. The molecule has 1 rings (SSSR count). The summed E-state index contributed by atoms with van der Waals surface area (Å²) in [5.74, 6) is 0. The van der Waals surface area contributed by atoms with Gasteiger partial charge in [0.25, 0.3) is 0 Å². The largest absolute Gasteiger partial charge is 0.369 e. The second-order valence-electron chi connectivity index (χ2n) is 3.75. The van der Waals surface area contributed by atoms with E-state index in [0.29, 0.717) is 0 Å². The Labute approximate surface area is 107 Å². The Morgan fingerprint density at radius 3 is 2.22 bits per heavy atom. The first kappa shape index (κ1) is 14.2. The predicted molar refractivity (Wildman–Crippen MR) is 65.4 cm³/mol. The van der Waals surface area contributed by atoms with Crippen LogP contribution in [0.25, 0.3) is 0 Å². The van der Waals surface area contributed by atoms with Crippen LogP contribution in [0, 0.1) is 22.7 Å². The molecule has 0 bridgehead atoms. The molecule has 0 atom stereocenters. The molecule has 1 aliphatic heterocycles. The summed E-state index contributed by atoms with van der Waals surface area (Å²) < 4.78 is 10.4. The molecule has 18 heavy (non-hydrogen) atoms. The highest BCUT2D eigenvalue weighted by Crippen LogP contribution is 2.19. The van der Waals surface area contributed by atoms with Crippen molar-refractivity contribution in [3.63, 3.8) is 0 Å². The van der Waals surface area contributed by atoms with Gasteiger partial charge in [-0.3, -0.25) is 0 Å². The summed E-state index contributed by atoms with van der Waals surface area (Å²) in [6.45, 7) is 1.80. The zero-order valence-corrected chi connectivity index (χ0v) is 10.6. The molecule has 0 spiro atoms. The van der Waals surface area contributed by atoms with Gasteiger partial charge in [-0.2, -0.15) is 10.5 Å². The molecule has 0 aromatic heterocycles. The minimum atomic E-state index is -0.537. The number of rotatable bonds is 5. The van der Waals surface area contributed by atoms with Crippen molar-refractivity contribution < 1.29 is 9.47 Å². The second-order valence-corrected chi connectivity index (χ2v) is 3.75. The maximum atomic E-state index is 8.65. The molecule has 0 N–H and O–H groups in total. The van der Waals surface area contributed by atoms with Gasteiger partial charge in [-0.15, -0.1) is 0 Å². The van der Waals surface area contributed by atoms with Gasteiger partial charge in [0.1, 0.15) is 12.1 Å². The molecule has 1 heterocycles. The number of aliphatic imine (C=N–C) groups is 1. The molecule has 1 fully saturated rings. The van der Waals surface area contributed by atoms with Gasteiger partial charge in [-0.25, -0.2) is 4.99 Å². The topological polar surface area (TPSA) is 81.6 Å². The first-order valence-corrected chi connectivity index (χ1v) is 5.65. The van der Waals surface area contributed by atoms with E-state index in [2.05, 4.69) is 9.89 Å². The van der Waals surface area contributed by atoms with E-state index in [4.69, 9.17) is 20.0 Å². The van der Waals surface area contributed by atoms with Crippen molar-refractivity contribution >= 4 is 5.71 Å². The van der Waals surface area contributed by atoms with E-state index in [0.717, 1.165) is 31.6 Å². The van der Waals surface area contributed by atoms with Crippen LogP contribution in [0.1, 0.15) is 12.8 Å². The first-order valence-electron chi connectivity index (χ1n) is 5.65. The Kier molecular flexibility index (Phi) is 5.86. The molecule has 1 saturated heterocycles. The van der Waals surface area contributed by atoms with Gasteiger partial charge < -0.3 is 14.4 Å². The third kappa shape index (κ3) is 3.56. The van der Waals surface area contributed by atoms with Gasteiger partial charge >= 0.3 is 0 Å². The first-order chi connectivity index (χ1) is 8.76. The number of ether oxygens (including phenoxy) is 2. The summed E-state index contributed by atoms with van der Waals surface area (Å²) in [5.41, 5.74) is 0.554. The van der Waals surface area contributed by atoms with Crippen LogP contribution in [0.4, 0.5) is 0 Å². The fourth-order valence-corrected chi connectivity index (χ4v) is 1.82. The van der Waals surface area contributed by atoms with Crippen molar-refractivity contribution in [3.05, 3.63) is 11.9 Å². The fraction of sp³-hybridized carbons (Fsp3) is 0.583. The minimum absolute atomic E-state index is 0.183. The molecule has 0 radical (unpaired) electrons. The molecule has 6 nitrogen and oxygen atoms in total. The maximum Gasteiger partial charge on any atom is 0.218 e. The zero-order chi connectivity index (χ0) is 13.4. The molecular weight excluding hydrogens is 232 g/mol. The number of hydrogen-bond donors (Lipinski definition) is 0. The summed E-state index contributed by atoms with van der Waals surface area (Å²) in [6, 6.07) is 3.43. The summed E-state index contributed by atoms with van der Waals surface area (Å²) >= 11 is 0. The van der Waals surface area contributed by atoms with Gasteiger partial charge in [0.15, 0.2) is 6.29 Å². The quantitative estimate of drug-likeness (QED) is 0.536. The molecule has 0 unspecified atom stereocenters. The highest BCUT2D eigenvalue weighted by Gasteiger charge is 2.22. The highest BCUT2D eigenvalue weighted by atomic mass is 16.7. The van der Waals surface area contributed by atoms with Crippen LogP contribution in [0.5, 0.6) is 0 Å². The monoisotopic (exact) mass is 248 g/mol. The van der Waals surface area contributed by atoms with E-state index in [-0.39, 0.29) is 5.71 Å². The second kappa shape index (κ2) is 7.44. The van der Waals surface area contributed by atoms with Crippen molar-refractivity contribution in [1.29, 1.82) is 10.5 Å². The molecule has 0 aromatic carbocycles. The Morgan fingerprint density at radius 2 is 1.78 bits per heavy atom. The van der Waals surface area contributed by atoms with Gasteiger partial charge in [-0.05, 0) is 12.8 Å². The van der Waals surface area contributed by atoms with E-state index in [1.54, 1.807) is 12.1 Å². The molecule has 0 saturated carbocycles. The number of nitrogens with zero attached hydrogens (tertiary/aromatic N) is 4. The molecule has 0 amide bonds. The molecule has 96 valence electrons. The third-order valence-electron chi connectivity index (χ3n) is 2.68. The normalized spacial score (nSPS) is 15.4. The van der Waals surface area contributed by atoms with Gasteiger partial charge in [0.05, 0.1) is 11.9 Å². The van der Waals surface area contributed by atoms with Gasteiger partial charge in [0, 0.05) is 27.3 Å². The number of nitriles is 2. The summed E-state index contributed by atoms with van der Waals surface area (Å²) in [6.07, 6.45) is 3.14. The summed E-state index contributed by atoms with van der Waals surface area (Å²) in [4.78, 5) is 5.94. The van der Waals surface area contributed by atoms with Crippen LogP contribution >= 0.6 is 0 Å². The Bertz CT molecular complexity index is 387. The SMILES string of the molecule is COC(OC)/C(=C/N=C(C#N)C#N)N1CCCC1. The van der Waals surface area contributed by atoms with Crippen LogP contribution in [0.2, 0.25) is 0 Å². The van der Waals surface area contributed by atoms with Crippen LogP contribution in [0.15, 0.2) is 16.9 Å². The summed E-state index contributed by atoms with van der Waals surface area (Å²) in [5, 5.41) is 17.3.